The summed E-state index contributed by atoms with van der Waals surface area (Å²) in [5, 5.41) is 9.54. The standard InChI is InChI=1S/C28H36N6O2/c1-18-11-21-14-29-24(31-27(35)26-19(2)25(26)22-15-30-32(4)16-22)13-20(21)12-23(18)33-6-8-34(9-7-33)28(3)5-10-36-17-28/h11-16,19,25-26H,5-10,17H2,1-4H3,(H,29,31,35)/t19-,25-,26+,28-/m1/s1. The predicted octanol–water partition coefficient (Wildman–Crippen LogP) is 3.57. The third-order valence-corrected chi connectivity index (χ3v) is 8.66. The molecular weight excluding hydrogens is 452 g/mol. The maximum atomic E-state index is 13.0. The molecule has 36 heavy (non-hydrogen) atoms. The molecule has 3 aliphatic rings. The Hall–Kier alpha value is -2.97. The van der Waals surface area contributed by atoms with Crippen LogP contribution in [0.1, 0.15) is 37.3 Å². The van der Waals surface area contributed by atoms with E-state index in [1.807, 2.05) is 31.7 Å². The van der Waals surface area contributed by atoms with Crippen LogP contribution in [0.25, 0.3) is 10.8 Å². The van der Waals surface area contributed by atoms with Gasteiger partial charge in [0.15, 0.2) is 0 Å². The van der Waals surface area contributed by atoms with E-state index in [1.54, 1.807) is 4.68 Å². The number of piperazine rings is 1. The van der Waals surface area contributed by atoms with E-state index >= 15 is 0 Å². The van der Waals surface area contributed by atoms with Crippen LogP contribution in [0.5, 0.6) is 0 Å². The number of carbonyl (C=O) groups is 1. The summed E-state index contributed by atoms with van der Waals surface area (Å²) in [6.07, 6.45) is 6.87. The van der Waals surface area contributed by atoms with Crippen LogP contribution in [0.15, 0.2) is 36.8 Å². The van der Waals surface area contributed by atoms with Gasteiger partial charge >= 0.3 is 0 Å². The number of pyridine rings is 1. The maximum Gasteiger partial charge on any atom is 0.229 e. The number of carbonyl (C=O) groups excluding carboxylic acids is 1. The van der Waals surface area contributed by atoms with Gasteiger partial charge in [-0.3, -0.25) is 14.4 Å². The molecule has 6 rings (SSSR count). The highest BCUT2D eigenvalue weighted by Gasteiger charge is 2.53. The molecule has 0 spiro atoms. The first-order valence-corrected chi connectivity index (χ1v) is 13.1. The van der Waals surface area contributed by atoms with Crippen molar-refractivity contribution in [1.29, 1.82) is 0 Å². The number of hydrogen-bond donors (Lipinski definition) is 1. The molecule has 190 valence electrons. The molecule has 1 N–H and O–H groups in total. The molecule has 3 fully saturated rings. The van der Waals surface area contributed by atoms with Gasteiger partial charge in [0.2, 0.25) is 5.91 Å². The Morgan fingerprint density at radius 3 is 2.64 bits per heavy atom. The molecule has 2 aliphatic heterocycles. The number of fused-ring (bicyclic) bond motifs is 1. The highest BCUT2D eigenvalue weighted by atomic mass is 16.5. The van der Waals surface area contributed by atoms with Crippen molar-refractivity contribution in [3.63, 3.8) is 0 Å². The molecule has 0 bridgehead atoms. The minimum absolute atomic E-state index is 0.0380. The van der Waals surface area contributed by atoms with Gasteiger partial charge < -0.3 is 15.0 Å². The molecule has 3 aromatic rings. The van der Waals surface area contributed by atoms with Crippen LogP contribution in [0.3, 0.4) is 0 Å². The van der Waals surface area contributed by atoms with Gasteiger partial charge in [-0.25, -0.2) is 4.98 Å². The summed E-state index contributed by atoms with van der Waals surface area (Å²) in [7, 11) is 1.91. The first-order valence-electron chi connectivity index (χ1n) is 13.1. The van der Waals surface area contributed by atoms with E-state index in [0.29, 0.717) is 11.7 Å². The third kappa shape index (κ3) is 4.16. The average molecular weight is 489 g/mol. The molecule has 0 unspecified atom stereocenters. The van der Waals surface area contributed by atoms with Crippen LogP contribution in [0.4, 0.5) is 11.5 Å². The van der Waals surface area contributed by atoms with Crippen molar-refractivity contribution >= 4 is 28.2 Å². The lowest BCUT2D eigenvalue weighted by atomic mass is 9.97. The van der Waals surface area contributed by atoms with Crippen molar-refractivity contribution in [2.75, 3.05) is 49.6 Å². The van der Waals surface area contributed by atoms with Gasteiger partial charge in [0.25, 0.3) is 0 Å². The largest absolute Gasteiger partial charge is 0.379 e. The van der Waals surface area contributed by atoms with Crippen LogP contribution in [0, 0.1) is 18.8 Å². The molecule has 8 heteroatoms. The van der Waals surface area contributed by atoms with Gasteiger partial charge in [0, 0.05) is 80.7 Å². The molecule has 1 aliphatic carbocycles. The van der Waals surface area contributed by atoms with Gasteiger partial charge in [-0.2, -0.15) is 5.10 Å². The van der Waals surface area contributed by atoms with Crippen LogP contribution < -0.4 is 10.2 Å². The Morgan fingerprint density at radius 2 is 1.94 bits per heavy atom. The number of aromatic nitrogens is 3. The lowest BCUT2D eigenvalue weighted by Gasteiger charge is -2.44. The maximum absolute atomic E-state index is 13.0. The second-order valence-corrected chi connectivity index (χ2v) is 11.2. The molecule has 2 aromatic heterocycles. The summed E-state index contributed by atoms with van der Waals surface area (Å²) in [6.45, 7) is 12.5. The Labute approximate surface area is 212 Å². The van der Waals surface area contributed by atoms with Gasteiger partial charge in [-0.15, -0.1) is 0 Å². The molecule has 4 heterocycles. The second kappa shape index (κ2) is 8.85. The summed E-state index contributed by atoms with van der Waals surface area (Å²) in [5.74, 6) is 1.15. The van der Waals surface area contributed by atoms with Crippen molar-refractivity contribution in [1.82, 2.24) is 19.7 Å². The zero-order valence-corrected chi connectivity index (χ0v) is 21.7. The predicted molar refractivity (Wildman–Crippen MR) is 141 cm³/mol. The van der Waals surface area contributed by atoms with E-state index in [0.717, 1.165) is 62.1 Å². The van der Waals surface area contributed by atoms with E-state index in [9.17, 15) is 4.79 Å². The van der Waals surface area contributed by atoms with Gasteiger partial charge in [-0.1, -0.05) is 6.92 Å². The zero-order valence-electron chi connectivity index (χ0n) is 21.7. The lowest BCUT2D eigenvalue weighted by Crippen LogP contribution is -2.56. The van der Waals surface area contributed by atoms with Crippen molar-refractivity contribution < 1.29 is 9.53 Å². The van der Waals surface area contributed by atoms with Gasteiger partial charge in [0.05, 0.1) is 12.8 Å². The smallest absolute Gasteiger partial charge is 0.229 e. The molecule has 4 atom stereocenters. The summed E-state index contributed by atoms with van der Waals surface area (Å²) in [4.78, 5) is 22.7. The van der Waals surface area contributed by atoms with Crippen LogP contribution in [0.2, 0.25) is 0 Å². The fourth-order valence-corrected chi connectivity index (χ4v) is 6.29. The number of nitrogens with zero attached hydrogens (tertiary/aromatic N) is 5. The number of aryl methyl sites for hydroxylation is 2. The van der Waals surface area contributed by atoms with E-state index in [2.05, 4.69) is 58.1 Å². The number of anilines is 2. The van der Waals surface area contributed by atoms with E-state index < -0.39 is 0 Å². The van der Waals surface area contributed by atoms with Crippen molar-refractivity contribution in [2.45, 2.75) is 38.6 Å². The molecular formula is C28H36N6O2. The fraction of sp³-hybridized carbons (Fsp3) is 0.536. The summed E-state index contributed by atoms with van der Waals surface area (Å²) < 4.78 is 7.48. The highest BCUT2D eigenvalue weighted by Crippen LogP contribution is 2.54. The van der Waals surface area contributed by atoms with Crippen molar-refractivity contribution in [2.24, 2.45) is 18.9 Å². The Morgan fingerprint density at radius 1 is 1.14 bits per heavy atom. The SMILES string of the molecule is Cc1cc2cnc(NC(=O)[C@H]3[C@H](C)[C@@H]3c3cnn(C)c3)cc2cc1N1CCN([C@]2(C)CCOC2)CC1. The van der Waals surface area contributed by atoms with Crippen LogP contribution in [-0.2, 0) is 16.6 Å². The van der Waals surface area contributed by atoms with Gasteiger partial charge in [-0.05, 0) is 60.9 Å². The molecule has 2 saturated heterocycles. The fourth-order valence-electron chi connectivity index (χ4n) is 6.29. The number of rotatable bonds is 5. The Balaban J connectivity index is 1.16. The zero-order chi connectivity index (χ0) is 25.0. The Kier molecular flexibility index (Phi) is 5.76. The number of hydrogen-bond acceptors (Lipinski definition) is 6. The number of benzene rings is 1. The molecule has 1 aromatic carbocycles. The van der Waals surface area contributed by atoms with Gasteiger partial charge in [0.1, 0.15) is 5.82 Å². The van der Waals surface area contributed by atoms with E-state index in [4.69, 9.17) is 4.74 Å². The lowest BCUT2D eigenvalue weighted by molar-refractivity contribution is -0.117. The van der Waals surface area contributed by atoms with Crippen molar-refractivity contribution in [3.8, 4) is 0 Å². The Bertz CT molecular complexity index is 1290. The number of amides is 1. The normalized spacial score (nSPS) is 28.6. The third-order valence-electron chi connectivity index (χ3n) is 8.66. The van der Waals surface area contributed by atoms with Crippen LogP contribution >= 0.6 is 0 Å². The summed E-state index contributed by atoms with van der Waals surface area (Å²) in [5.41, 5.74) is 3.84. The summed E-state index contributed by atoms with van der Waals surface area (Å²) in [6, 6.07) is 6.48. The highest BCUT2D eigenvalue weighted by molar-refractivity contribution is 5.97. The average Bonchev–Trinajstić information content (AvgIpc) is 3.15. The minimum atomic E-state index is -0.0382. The second-order valence-electron chi connectivity index (χ2n) is 11.2. The molecule has 8 nitrogen and oxygen atoms in total. The topological polar surface area (TPSA) is 75.5 Å². The van der Waals surface area contributed by atoms with Crippen LogP contribution in [-0.4, -0.2) is 70.5 Å². The monoisotopic (exact) mass is 488 g/mol. The molecule has 0 radical (unpaired) electrons. The molecule has 1 saturated carbocycles. The first kappa shape index (κ1) is 23.4. The van der Waals surface area contributed by atoms with E-state index in [-0.39, 0.29) is 23.3 Å². The summed E-state index contributed by atoms with van der Waals surface area (Å²) >= 11 is 0. The van der Waals surface area contributed by atoms with E-state index in [1.165, 1.54) is 11.3 Å². The van der Waals surface area contributed by atoms with Crippen molar-refractivity contribution in [3.05, 3.63) is 47.9 Å². The number of ether oxygens (including phenoxy) is 1. The molecule has 1 amide bonds. The number of nitrogens with one attached hydrogen (secondary N) is 1. The quantitative estimate of drug-likeness (QED) is 0.592. The minimum Gasteiger partial charge on any atom is -0.379 e. The first-order chi connectivity index (χ1) is 17.3.